The van der Waals surface area contributed by atoms with Gasteiger partial charge in [-0.25, -0.2) is 4.79 Å². The summed E-state index contributed by atoms with van der Waals surface area (Å²) in [7, 11) is 0. The van der Waals surface area contributed by atoms with Crippen LogP contribution in [0.1, 0.15) is 34.7 Å². The smallest absolute Gasteiger partial charge is 0.336 e. The number of hydrogen-bond donors (Lipinski definition) is 2. The van der Waals surface area contributed by atoms with Gasteiger partial charge in [0.05, 0.1) is 11.3 Å². The Morgan fingerprint density at radius 3 is 2.95 bits per heavy atom. The molecule has 2 atom stereocenters. The van der Waals surface area contributed by atoms with Gasteiger partial charge in [0.1, 0.15) is 0 Å². The fourth-order valence-electron chi connectivity index (χ4n) is 3.88. The van der Waals surface area contributed by atoms with E-state index in [2.05, 4.69) is 16.3 Å². The second-order valence-corrected chi connectivity index (χ2v) is 6.85. The molecule has 0 saturated carbocycles. The third-order valence-electron chi connectivity index (χ3n) is 4.72. The molecule has 0 aliphatic carbocycles. The fraction of sp³-hybridized carbons (Fsp3) is 0.533. The highest BCUT2D eigenvalue weighted by Crippen LogP contribution is 2.50. The minimum absolute atomic E-state index is 0. The lowest BCUT2D eigenvalue weighted by atomic mass is 9.90. The molecule has 4 nitrogen and oxygen atoms in total. The number of carboxylic acid groups (broad SMARTS) is 1. The van der Waals surface area contributed by atoms with Gasteiger partial charge >= 0.3 is 5.97 Å². The SMILES string of the molecule is Cl.Cl.O=C(O)c1ccc2c3c1SCCCN3[C@H]1CCNC[C@@H]21. The lowest BCUT2D eigenvalue weighted by Gasteiger charge is -2.33. The topological polar surface area (TPSA) is 52.6 Å². The highest BCUT2D eigenvalue weighted by molar-refractivity contribution is 7.99. The number of anilines is 1. The first kappa shape index (κ1) is 17.7. The molecule has 0 amide bonds. The molecule has 0 aromatic heterocycles. The molecule has 3 aliphatic rings. The van der Waals surface area contributed by atoms with E-state index in [-0.39, 0.29) is 24.8 Å². The number of piperidine rings is 1. The van der Waals surface area contributed by atoms with Crippen LogP contribution in [0.15, 0.2) is 17.0 Å². The maximum Gasteiger partial charge on any atom is 0.336 e. The molecule has 3 heterocycles. The Balaban J connectivity index is 0.000000882. The highest BCUT2D eigenvalue weighted by Gasteiger charge is 2.42. The second-order valence-electron chi connectivity index (χ2n) is 5.75. The lowest BCUT2D eigenvalue weighted by molar-refractivity contribution is 0.0693. The molecular formula is C15H20Cl2N2O2S. The molecule has 1 saturated heterocycles. The van der Waals surface area contributed by atoms with Gasteiger partial charge in [-0.05, 0) is 36.8 Å². The van der Waals surface area contributed by atoms with Gasteiger partial charge in [0.2, 0.25) is 0 Å². The largest absolute Gasteiger partial charge is 0.478 e. The van der Waals surface area contributed by atoms with Crippen molar-refractivity contribution in [1.82, 2.24) is 5.32 Å². The van der Waals surface area contributed by atoms with Crippen molar-refractivity contribution in [3.63, 3.8) is 0 Å². The molecular weight excluding hydrogens is 343 g/mol. The summed E-state index contributed by atoms with van der Waals surface area (Å²) in [5.41, 5.74) is 3.06. The van der Waals surface area contributed by atoms with E-state index in [1.165, 1.54) is 11.3 Å². The van der Waals surface area contributed by atoms with Crippen LogP contribution in [-0.4, -0.2) is 42.5 Å². The van der Waals surface area contributed by atoms with Crippen LogP contribution < -0.4 is 10.2 Å². The number of benzene rings is 1. The third kappa shape index (κ3) is 2.58. The molecule has 1 aromatic rings. The van der Waals surface area contributed by atoms with Crippen molar-refractivity contribution in [2.45, 2.75) is 29.7 Å². The van der Waals surface area contributed by atoms with Gasteiger partial charge in [0.25, 0.3) is 0 Å². The summed E-state index contributed by atoms with van der Waals surface area (Å²) in [6.07, 6.45) is 2.29. The summed E-state index contributed by atoms with van der Waals surface area (Å²) in [5.74, 6) is 0.743. The van der Waals surface area contributed by atoms with Crippen LogP contribution in [0.25, 0.3) is 0 Å². The number of carbonyl (C=O) groups is 1. The number of halogens is 2. The minimum atomic E-state index is -0.801. The molecule has 4 rings (SSSR count). The fourth-order valence-corrected chi connectivity index (χ4v) is 5.04. The molecule has 7 heteroatoms. The Morgan fingerprint density at radius 1 is 1.36 bits per heavy atom. The van der Waals surface area contributed by atoms with Crippen molar-refractivity contribution in [2.24, 2.45) is 0 Å². The zero-order valence-electron chi connectivity index (χ0n) is 12.1. The van der Waals surface area contributed by atoms with Gasteiger partial charge in [-0.15, -0.1) is 36.6 Å². The second kappa shape index (κ2) is 6.87. The zero-order valence-corrected chi connectivity index (χ0v) is 14.5. The Hall–Kier alpha value is -0.620. The zero-order chi connectivity index (χ0) is 13.7. The molecule has 0 spiro atoms. The molecule has 3 aliphatic heterocycles. The van der Waals surface area contributed by atoms with Crippen molar-refractivity contribution in [2.75, 3.05) is 30.3 Å². The highest BCUT2D eigenvalue weighted by atomic mass is 35.5. The average Bonchev–Trinajstić information content (AvgIpc) is 2.63. The van der Waals surface area contributed by atoms with E-state index in [1.807, 2.05) is 6.07 Å². The van der Waals surface area contributed by atoms with Crippen LogP contribution in [0, 0.1) is 0 Å². The van der Waals surface area contributed by atoms with Crippen LogP contribution in [0.3, 0.4) is 0 Å². The van der Waals surface area contributed by atoms with E-state index < -0.39 is 5.97 Å². The van der Waals surface area contributed by atoms with Crippen LogP contribution in [0.4, 0.5) is 5.69 Å². The number of nitrogens with one attached hydrogen (secondary N) is 1. The molecule has 1 aromatic carbocycles. The Bertz CT molecular complexity index is 585. The monoisotopic (exact) mass is 362 g/mol. The van der Waals surface area contributed by atoms with Crippen molar-refractivity contribution < 1.29 is 9.90 Å². The van der Waals surface area contributed by atoms with Gasteiger partial charge in [-0.3, -0.25) is 0 Å². The summed E-state index contributed by atoms with van der Waals surface area (Å²) >= 11 is 1.72. The Labute approximate surface area is 146 Å². The number of aromatic carboxylic acids is 1. The first-order chi connectivity index (χ1) is 9.77. The number of nitrogens with zero attached hydrogens (tertiary/aromatic N) is 1. The van der Waals surface area contributed by atoms with Gasteiger partial charge in [0, 0.05) is 29.9 Å². The number of thioether (sulfide) groups is 1. The Kier molecular flexibility index (Phi) is 5.54. The Morgan fingerprint density at radius 2 is 2.18 bits per heavy atom. The lowest BCUT2D eigenvalue weighted by Crippen LogP contribution is -2.44. The number of carboxylic acids is 1. The minimum Gasteiger partial charge on any atom is -0.478 e. The van der Waals surface area contributed by atoms with Gasteiger partial charge < -0.3 is 15.3 Å². The van der Waals surface area contributed by atoms with Crippen LogP contribution >= 0.6 is 36.6 Å². The number of rotatable bonds is 1. The van der Waals surface area contributed by atoms with Crippen LogP contribution in [-0.2, 0) is 0 Å². The molecule has 2 N–H and O–H groups in total. The van der Waals surface area contributed by atoms with Gasteiger partial charge in [0.15, 0.2) is 0 Å². The molecule has 22 heavy (non-hydrogen) atoms. The van der Waals surface area contributed by atoms with Crippen LogP contribution in [0.5, 0.6) is 0 Å². The van der Waals surface area contributed by atoms with E-state index in [4.69, 9.17) is 0 Å². The van der Waals surface area contributed by atoms with Crippen molar-refractivity contribution in [1.29, 1.82) is 0 Å². The van der Waals surface area contributed by atoms with E-state index in [9.17, 15) is 9.90 Å². The summed E-state index contributed by atoms with van der Waals surface area (Å²) in [5, 5.41) is 12.9. The quantitative estimate of drug-likeness (QED) is 0.804. The average molecular weight is 363 g/mol. The molecule has 1 fully saturated rings. The van der Waals surface area contributed by atoms with Crippen LogP contribution in [0.2, 0.25) is 0 Å². The molecule has 0 radical (unpaired) electrons. The molecule has 0 unspecified atom stereocenters. The number of hydrogen-bond acceptors (Lipinski definition) is 4. The van der Waals surface area contributed by atoms with Gasteiger partial charge in [-0.1, -0.05) is 6.07 Å². The summed E-state index contributed by atoms with van der Waals surface area (Å²) in [6.45, 7) is 3.15. The summed E-state index contributed by atoms with van der Waals surface area (Å²) in [4.78, 5) is 15.0. The maximum atomic E-state index is 11.5. The van der Waals surface area contributed by atoms with E-state index in [1.54, 1.807) is 11.8 Å². The van der Waals surface area contributed by atoms with E-state index in [0.29, 0.717) is 17.5 Å². The van der Waals surface area contributed by atoms with Crippen molar-refractivity contribution >= 4 is 48.2 Å². The van der Waals surface area contributed by atoms with Crippen molar-refractivity contribution in [3.05, 3.63) is 23.3 Å². The van der Waals surface area contributed by atoms with Gasteiger partial charge in [-0.2, -0.15) is 0 Å². The summed E-state index contributed by atoms with van der Waals surface area (Å²) in [6, 6.07) is 4.43. The third-order valence-corrected chi connectivity index (χ3v) is 5.91. The maximum absolute atomic E-state index is 11.5. The van der Waals surface area contributed by atoms with E-state index >= 15 is 0 Å². The predicted molar refractivity (Wildman–Crippen MR) is 94.6 cm³/mol. The normalized spacial score (nSPS) is 25.2. The van der Waals surface area contributed by atoms with Crippen molar-refractivity contribution in [3.8, 4) is 0 Å². The standard InChI is InChI=1S/C15H18N2O2S.2ClH/c18-15(19)10-3-2-9-11-8-16-5-4-12(11)17-6-1-7-20-14(10)13(9)17;;/h2-3,11-12,16H,1,4-8H2,(H,18,19);2*1H/t11-,12-;;/m0../s1. The van der Waals surface area contributed by atoms with E-state index in [0.717, 1.165) is 43.1 Å². The molecule has 122 valence electrons. The number of fused-ring (bicyclic) bond motifs is 3. The predicted octanol–water partition coefficient (Wildman–Crippen LogP) is 2.99. The first-order valence-electron chi connectivity index (χ1n) is 7.27. The summed E-state index contributed by atoms with van der Waals surface area (Å²) < 4.78 is 0. The molecule has 0 bridgehead atoms. The first-order valence-corrected chi connectivity index (χ1v) is 8.26.